The summed E-state index contributed by atoms with van der Waals surface area (Å²) in [7, 11) is 0. The molecular weight excluding hydrogens is 467 g/mol. The van der Waals surface area contributed by atoms with E-state index in [9.17, 15) is 26.7 Å². The second kappa shape index (κ2) is 10.1. The predicted octanol–water partition coefficient (Wildman–Crippen LogP) is 5.71. The van der Waals surface area contributed by atoms with Crippen molar-refractivity contribution in [3.63, 3.8) is 0 Å². The summed E-state index contributed by atoms with van der Waals surface area (Å²) in [5, 5.41) is 0. The number of carbonyl (C=O) groups is 1. The van der Waals surface area contributed by atoms with E-state index in [-0.39, 0.29) is 28.9 Å². The summed E-state index contributed by atoms with van der Waals surface area (Å²) < 4.78 is 67.3. The molecule has 0 unspecified atom stereocenters. The summed E-state index contributed by atoms with van der Waals surface area (Å²) >= 11 is 0. The van der Waals surface area contributed by atoms with Crippen LogP contribution in [0.2, 0.25) is 0 Å². The number of amides is 1. The first-order valence-corrected chi connectivity index (χ1v) is 11.2. The summed E-state index contributed by atoms with van der Waals surface area (Å²) in [5.74, 6) is -2.77. The number of hydrogen-bond acceptors (Lipinski definition) is 4. The molecule has 0 saturated carbocycles. The highest BCUT2D eigenvalue weighted by molar-refractivity contribution is 6.00. The third kappa shape index (κ3) is 5.31. The van der Waals surface area contributed by atoms with Crippen LogP contribution in [0.4, 0.5) is 22.0 Å². The molecule has 2 aromatic heterocycles. The van der Waals surface area contributed by atoms with E-state index in [1.807, 2.05) is 6.92 Å². The molecule has 0 radical (unpaired) electrons. The van der Waals surface area contributed by atoms with Gasteiger partial charge in [-0.05, 0) is 61.9 Å². The van der Waals surface area contributed by atoms with Crippen LogP contribution < -0.4 is 0 Å². The molecule has 10 heteroatoms. The van der Waals surface area contributed by atoms with E-state index in [0.29, 0.717) is 25.1 Å². The summed E-state index contributed by atoms with van der Waals surface area (Å²) in [6.07, 6.45) is 1.53. The van der Waals surface area contributed by atoms with Crippen molar-refractivity contribution < 1.29 is 26.7 Å². The van der Waals surface area contributed by atoms with E-state index >= 15 is 0 Å². The fourth-order valence-corrected chi connectivity index (χ4v) is 4.51. The number of likely N-dealkylation sites (tertiary alicyclic amines) is 1. The molecule has 1 fully saturated rings. The average molecular weight is 490 g/mol. The molecule has 5 nitrogen and oxygen atoms in total. The van der Waals surface area contributed by atoms with E-state index in [2.05, 4.69) is 15.0 Å². The van der Waals surface area contributed by atoms with Gasteiger partial charge in [0.1, 0.15) is 0 Å². The van der Waals surface area contributed by atoms with E-state index in [1.165, 1.54) is 30.6 Å². The zero-order valence-electron chi connectivity index (χ0n) is 18.9. The van der Waals surface area contributed by atoms with Crippen molar-refractivity contribution in [1.82, 2.24) is 19.9 Å². The van der Waals surface area contributed by atoms with Crippen LogP contribution in [0.5, 0.6) is 0 Å². The van der Waals surface area contributed by atoms with Gasteiger partial charge in [0.15, 0.2) is 17.5 Å². The topological polar surface area (TPSA) is 59.0 Å². The molecule has 2 atom stereocenters. The third-order valence-electron chi connectivity index (χ3n) is 6.34. The lowest BCUT2D eigenvalue weighted by molar-refractivity contribution is -0.137. The van der Waals surface area contributed by atoms with E-state index in [1.54, 1.807) is 4.90 Å². The van der Waals surface area contributed by atoms with Crippen LogP contribution >= 0.6 is 0 Å². The van der Waals surface area contributed by atoms with Crippen molar-refractivity contribution in [3.05, 3.63) is 77.4 Å². The molecule has 1 aromatic carbocycles. The molecule has 0 bridgehead atoms. The van der Waals surface area contributed by atoms with Gasteiger partial charge in [0.2, 0.25) is 0 Å². The molecule has 0 N–H and O–H groups in total. The van der Waals surface area contributed by atoms with Gasteiger partial charge < -0.3 is 4.90 Å². The predicted molar refractivity (Wildman–Crippen MR) is 118 cm³/mol. The Morgan fingerprint density at radius 1 is 1.09 bits per heavy atom. The monoisotopic (exact) mass is 490 g/mol. The van der Waals surface area contributed by atoms with Gasteiger partial charge in [0.05, 0.1) is 16.7 Å². The Morgan fingerprint density at radius 3 is 2.49 bits per heavy atom. The normalized spacial score (nSPS) is 18.5. The lowest BCUT2D eigenvalue weighted by atomic mass is 9.86. The van der Waals surface area contributed by atoms with Crippen LogP contribution in [0.25, 0.3) is 11.4 Å². The van der Waals surface area contributed by atoms with Gasteiger partial charge in [-0.15, -0.1) is 0 Å². The summed E-state index contributed by atoms with van der Waals surface area (Å²) in [6, 6.07) is 5.74. The van der Waals surface area contributed by atoms with Gasteiger partial charge in [-0.3, -0.25) is 9.78 Å². The Balaban J connectivity index is 1.60. The van der Waals surface area contributed by atoms with Crippen LogP contribution in [0, 0.1) is 17.6 Å². The van der Waals surface area contributed by atoms with Crippen molar-refractivity contribution in [2.45, 2.75) is 44.8 Å². The number of hydrogen-bond donors (Lipinski definition) is 0. The minimum atomic E-state index is -4.46. The third-order valence-corrected chi connectivity index (χ3v) is 6.34. The Kier molecular flexibility index (Phi) is 7.09. The largest absolute Gasteiger partial charge is 0.417 e. The van der Waals surface area contributed by atoms with Crippen LogP contribution in [-0.4, -0.2) is 38.3 Å². The van der Waals surface area contributed by atoms with Crippen LogP contribution in [0.3, 0.4) is 0 Å². The van der Waals surface area contributed by atoms with Crippen LogP contribution in [0.1, 0.15) is 47.8 Å². The Morgan fingerprint density at radius 2 is 1.83 bits per heavy atom. The molecule has 1 aliphatic rings. The molecule has 3 heterocycles. The fraction of sp³-hybridized carbons (Fsp3) is 0.360. The van der Waals surface area contributed by atoms with Gasteiger partial charge in [-0.25, -0.2) is 18.7 Å². The molecule has 184 valence electrons. The second-order valence-electron chi connectivity index (χ2n) is 8.62. The maximum Gasteiger partial charge on any atom is 0.417 e. The standard InChI is InChI=1S/C25H23F5N4O/c1-15-4-2-13-34(20(15)10-7-17-6-5-16(14-33-17)25(28,29)30)24(35)18-8-9-19(26)22(27)21(18)23-31-11-3-12-32-23/h3,5-6,8-9,11-12,14-15,20H,2,4,7,10,13H2,1H3/t15-,20-/m1/s1. The quantitative estimate of drug-likeness (QED) is 0.430. The summed E-state index contributed by atoms with van der Waals surface area (Å²) in [5.41, 5.74) is -0.675. The first-order chi connectivity index (χ1) is 16.7. The molecule has 3 aromatic rings. The zero-order chi connectivity index (χ0) is 25.2. The number of alkyl halides is 3. The average Bonchev–Trinajstić information content (AvgIpc) is 2.84. The van der Waals surface area contributed by atoms with Gasteiger partial charge in [-0.2, -0.15) is 13.2 Å². The number of rotatable bonds is 5. The molecule has 1 aliphatic heterocycles. The lowest BCUT2D eigenvalue weighted by Crippen LogP contribution is -2.48. The van der Waals surface area contributed by atoms with E-state index < -0.39 is 29.3 Å². The molecule has 0 spiro atoms. The van der Waals surface area contributed by atoms with E-state index in [4.69, 9.17) is 0 Å². The molecule has 1 amide bonds. The van der Waals surface area contributed by atoms with Crippen LogP contribution in [0.15, 0.2) is 48.9 Å². The molecule has 0 aliphatic carbocycles. The number of pyridine rings is 1. The number of benzene rings is 1. The number of aryl methyl sites for hydroxylation is 1. The van der Waals surface area contributed by atoms with Crippen molar-refractivity contribution in [2.24, 2.45) is 5.92 Å². The highest BCUT2D eigenvalue weighted by Crippen LogP contribution is 2.33. The van der Waals surface area contributed by atoms with Gasteiger partial charge in [0, 0.05) is 36.9 Å². The molecule has 4 rings (SSSR count). The molecular formula is C25H23F5N4O. The first kappa shape index (κ1) is 24.7. The molecule has 1 saturated heterocycles. The Labute approximate surface area is 199 Å². The minimum Gasteiger partial charge on any atom is -0.335 e. The highest BCUT2D eigenvalue weighted by Gasteiger charge is 2.35. The van der Waals surface area contributed by atoms with Gasteiger partial charge in [0.25, 0.3) is 5.91 Å². The Hall–Kier alpha value is -3.43. The first-order valence-electron chi connectivity index (χ1n) is 11.2. The van der Waals surface area contributed by atoms with Crippen molar-refractivity contribution in [1.29, 1.82) is 0 Å². The number of aromatic nitrogens is 3. The zero-order valence-corrected chi connectivity index (χ0v) is 18.9. The van der Waals surface area contributed by atoms with Crippen molar-refractivity contribution >= 4 is 5.91 Å². The maximum atomic E-state index is 14.8. The maximum absolute atomic E-state index is 14.8. The molecule has 35 heavy (non-hydrogen) atoms. The number of nitrogens with zero attached hydrogens (tertiary/aromatic N) is 4. The highest BCUT2D eigenvalue weighted by atomic mass is 19.4. The fourth-order valence-electron chi connectivity index (χ4n) is 4.51. The number of piperidine rings is 1. The second-order valence-corrected chi connectivity index (χ2v) is 8.62. The smallest absolute Gasteiger partial charge is 0.335 e. The van der Waals surface area contributed by atoms with Gasteiger partial charge in [-0.1, -0.05) is 6.92 Å². The SMILES string of the molecule is C[C@@H]1CCCN(C(=O)c2ccc(F)c(F)c2-c2ncccn2)[C@@H]1CCc1ccc(C(F)(F)F)cn1. The minimum absolute atomic E-state index is 0.0399. The van der Waals surface area contributed by atoms with Crippen molar-refractivity contribution in [3.8, 4) is 11.4 Å². The lowest BCUT2D eigenvalue weighted by Gasteiger charge is -2.40. The van der Waals surface area contributed by atoms with Crippen molar-refractivity contribution in [2.75, 3.05) is 6.54 Å². The van der Waals surface area contributed by atoms with Gasteiger partial charge >= 0.3 is 6.18 Å². The van der Waals surface area contributed by atoms with Crippen LogP contribution in [-0.2, 0) is 12.6 Å². The van der Waals surface area contributed by atoms with E-state index in [0.717, 1.165) is 31.2 Å². The number of carbonyl (C=O) groups excluding carboxylic acids is 1. The summed E-state index contributed by atoms with van der Waals surface area (Å²) in [4.78, 5) is 27.2. The number of halogens is 5. The summed E-state index contributed by atoms with van der Waals surface area (Å²) in [6.45, 7) is 2.42. The Bertz CT molecular complexity index is 1180.